The zero-order valence-corrected chi connectivity index (χ0v) is 16.8. The molecule has 2 heterocycles. The second-order valence-corrected chi connectivity index (χ2v) is 7.84. The summed E-state index contributed by atoms with van der Waals surface area (Å²) in [5.74, 6) is -0.281. The fourth-order valence-electron chi connectivity index (χ4n) is 2.29. The molecule has 1 N–H and O–H groups in total. The first kappa shape index (κ1) is 20.0. The van der Waals surface area contributed by atoms with Gasteiger partial charge < -0.3 is 10.1 Å². The van der Waals surface area contributed by atoms with Gasteiger partial charge in [0.2, 0.25) is 11.0 Å². The smallest absolute Gasteiger partial charge is 0.316 e. The molecule has 0 radical (unpaired) electrons. The third-order valence-electron chi connectivity index (χ3n) is 3.57. The van der Waals surface area contributed by atoms with E-state index in [1.165, 1.54) is 23.1 Å². The maximum atomic E-state index is 12.1. The van der Waals surface area contributed by atoms with Gasteiger partial charge >= 0.3 is 5.97 Å². The molecule has 1 aromatic carbocycles. The molecule has 0 atom stereocenters. The number of carbonyl (C=O) groups excluding carboxylic acids is 2. The number of benzene rings is 1. The van der Waals surface area contributed by atoms with Crippen LogP contribution in [0.15, 0.2) is 47.1 Å². The number of aromatic nitrogens is 4. The number of amides is 1. The fraction of sp³-hybridized carbons (Fsp3) is 0.278. The first-order valence-corrected chi connectivity index (χ1v) is 10.4. The van der Waals surface area contributed by atoms with Gasteiger partial charge in [0.1, 0.15) is 0 Å². The Balaban J connectivity index is 1.45. The van der Waals surface area contributed by atoms with Crippen LogP contribution in [0.3, 0.4) is 0 Å². The van der Waals surface area contributed by atoms with Gasteiger partial charge in [-0.15, -0.1) is 10.2 Å². The Morgan fingerprint density at radius 2 is 2.07 bits per heavy atom. The van der Waals surface area contributed by atoms with Crippen molar-refractivity contribution in [1.82, 2.24) is 20.0 Å². The quantitative estimate of drug-likeness (QED) is 0.325. The standard InChI is InChI=1S/C18H19N5O3S2/c1-2-26-16(25)12-27-18-22-21-17(28-18)20-15(24)9-8-13-10-19-23(11-13)14-6-4-3-5-7-14/h3-7,10-11H,2,8-9,12H2,1H3,(H,20,21,24). The third-order valence-corrected chi connectivity index (χ3v) is 5.51. The number of esters is 1. The lowest BCUT2D eigenvalue weighted by atomic mass is 10.2. The Kier molecular flexibility index (Phi) is 7.15. The van der Waals surface area contributed by atoms with Crippen LogP contribution in [0.1, 0.15) is 18.9 Å². The van der Waals surface area contributed by atoms with Gasteiger partial charge in [-0.05, 0) is 31.0 Å². The van der Waals surface area contributed by atoms with Crippen LogP contribution in [0.2, 0.25) is 0 Å². The Bertz CT molecular complexity index is 926. The average Bonchev–Trinajstić information content (AvgIpc) is 3.35. The summed E-state index contributed by atoms with van der Waals surface area (Å²) in [6, 6.07) is 9.79. The van der Waals surface area contributed by atoms with Crippen molar-refractivity contribution < 1.29 is 14.3 Å². The van der Waals surface area contributed by atoms with Gasteiger partial charge in [-0.3, -0.25) is 9.59 Å². The van der Waals surface area contributed by atoms with Crippen molar-refractivity contribution in [2.45, 2.75) is 24.1 Å². The van der Waals surface area contributed by atoms with E-state index in [0.717, 1.165) is 11.3 Å². The lowest BCUT2D eigenvalue weighted by molar-refractivity contribution is -0.139. The minimum absolute atomic E-state index is 0.148. The van der Waals surface area contributed by atoms with Crippen LogP contribution < -0.4 is 5.32 Å². The normalized spacial score (nSPS) is 10.6. The predicted octanol–water partition coefficient (Wildman–Crippen LogP) is 2.95. The fourth-order valence-corrected chi connectivity index (χ4v) is 3.86. The summed E-state index contributed by atoms with van der Waals surface area (Å²) in [6.45, 7) is 2.11. The molecule has 146 valence electrons. The number of aryl methyl sites for hydroxylation is 1. The molecule has 0 saturated heterocycles. The topological polar surface area (TPSA) is 99.0 Å². The maximum Gasteiger partial charge on any atom is 0.316 e. The van der Waals surface area contributed by atoms with Crippen molar-refractivity contribution in [2.75, 3.05) is 17.7 Å². The number of nitrogens with zero attached hydrogens (tertiary/aromatic N) is 4. The number of para-hydroxylation sites is 1. The van der Waals surface area contributed by atoms with E-state index < -0.39 is 0 Å². The SMILES string of the molecule is CCOC(=O)CSc1nnc(NC(=O)CCc2cnn(-c3ccccc3)c2)s1. The number of rotatable bonds is 9. The molecule has 0 spiro atoms. The Morgan fingerprint density at radius 3 is 2.86 bits per heavy atom. The van der Waals surface area contributed by atoms with Crippen LogP contribution in [0.25, 0.3) is 5.69 Å². The van der Waals surface area contributed by atoms with E-state index in [2.05, 4.69) is 20.6 Å². The Labute approximate surface area is 170 Å². The Hall–Kier alpha value is -2.72. The van der Waals surface area contributed by atoms with E-state index in [0.29, 0.717) is 28.9 Å². The third kappa shape index (κ3) is 5.89. The van der Waals surface area contributed by atoms with Crippen molar-refractivity contribution in [3.8, 4) is 5.69 Å². The number of ether oxygens (including phenoxy) is 1. The van der Waals surface area contributed by atoms with Gasteiger partial charge in [0, 0.05) is 12.6 Å². The van der Waals surface area contributed by atoms with Gasteiger partial charge in [0.05, 0.1) is 24.2 Å². The molecule has 10 heteroatoms. The molecule has 2 aromatic heterocycles. The molecule has 3 rings (SSSR count). The molecule has 0 aliphatic rings. The van der Waals surface area contributed by atoms with E-state index in [1.807, 2.05) is 36.5 Å². The number of anilines is 1. The number of carbonyl (C=O) groups is 2. The average molecular weight is 418 g/mol. The van der Waals surface area contributed by atoms with Gasteiger partial charge in [0.25, 0.3) is 0 Å². The van der Waals surface area contributed by atoms with Gasteiger partial charge in [-0.25, -0.2) is 4.68 Å². The van der Waals surface area contributed by atoms with Gasteiger partial charge in [0.15, 0.2) is 4.34 Å². The second-order valence-electron chi connectivity index (χ2n) is 5.64. The van der Waals surface area contributed by atoms with E-state index in [4.69, 9.17) is 4.74 Å². The van der Waals surface area contributed by atoms with Gasteiger partial charge in [-0.1, -0.05) is 41.3 Å². The first-order valence-electron chi connectivity index (χ1n) is 8.65. The van der Waals surface area contributed by atoms with Crippen molar-refractivity contribution >= 4 is 40.1 Å². The molecular weight excluding hydrogens is 398 g/mol. The zero-order valence-electron chi connectivity index (χ0n) is 15.2. The largest absolute Gasteiger partial charge is 0.465 e. The summed E-state index contributed by atoms with van der Waals surface area (Å²) in [5, 5.41) is 15.3. The molecule has 3 aromatic rings. The minimum atomic E-state index is -0.302. The van der Waals surface area contributed by atoms with Gasteiger partial charge in [-0.2, -0.15) is 5.10 Å². The van der Waals surface area contributed by atoms with Crippen LogP contribution in [-0.2, 0) is 20.7 Å². The summed E-state index contributed by atoms with van der Waals surface area (Å²) in [6.07, 6.45) is 4.56. The summed E-state index contributed by atoms with van der Waals surface area (Å²) in [5.41, 5.74) is 1.95. The van der Waals surface area contributed by atoms with E-state index >= 15 is 0 Å². The van der Waals surface area contributed by atoms with Crippen LogP contribution >= 0.6 is 23.1 Å². The number of hydrogen-bond acceptors (Lipinski definition) is 8. The molecule has 0 aliphatic heterocycles. The zero-order chi connectivity index (χ0) is 19.8. The van der Waals surface area contributed by atoms with E-state index in [-0.39, 0.29) is 17.6 Å². The van der Waals surface area contributed by atoms with Crippen LogP contribution in [-0.4, -0.2) is 44.2 Å². The highest BCUT2D eigenvalue weighted by molar-refractivity contribution is 8.01. The molecule has 0 unspecified atom stereocenters. The molecule has 28 heavy (non-hydrogen) atoms. The van der Waals surface area contributed by atoms with Crippen LogP contribution in [0.5, 0.6) is 0 Å². The number of hydrogen-bond donors (Lipinski definition) is 1. The second kappa shape index (κ2) is 10.00. The highest BCUT2D eigenvalue weighted by Gasteiger charge is 2.11. The summed E-state index contributed by atoms with van der Waals surface area (Å²) < 4.78 is 7.25. The van der Waals surface area contributed by atoms with Crippen LogP contribution in [0, 0.1) is 0 Å². The van der Waals surface area contributed by atoms with E-state index in [9.17, 15) is 9.59 Å². The molecule has 0 aliphatic carbocycles. The highest BCUT2D eigenvalue weighted by atomic mass is 32.2. The number of thioether (sulfide) groups is 1. The molecular formula is C18H19N5O3S2. The highest BCUT2D eigenvalue weighted by Crippen LogP contribution is 2.25. The molecule has 0 fully saturated rings. The lowest BCUT2D eigenvalue weighted by Crippen LogP contribution is -2.12. The molecule has 0 bridgehead atoms. The monoisotopic (exact) mass is 417 g/mol. The van der Waals surface area contributed by atoms with Crippen LogP contribution in [0.4, 0.5) is 5.13 Å². The summed E-state index contributed by atoms with van der Waals surface area (Å²) in [7, 11) is 0. The predicted molar refractivity (Wildman–Crippen MR) is 108 cm³/mol. The van der Waals surface area contributed by atoms with Crippen molar-refractivity contribution in [2.24, 2.45) is 0 Å². The summed E-state index contributed by atoms with van der Waals surface area (Å²) >= 11 is 2.46. The minimum Gasteiger partial charge on any atom is -0.465 e. The molecule has 0 saturated carbocycles. The maximum absolute atomic E-state index is 12.1. The molecule has 1 amide bonds. The van der Waals surface area contributed by atoms with Crippen molar-refractivity contribution in [3.05, 3.63) is 48.3 Å². The molecule has 8 nitrogen and oxygen atoms in total. The number of nitrogens with one attached hydrogen (secondary N) is 1. The van der Waals surface area contributed by atoms with Crippen molar-refractivity contribution in [1.29, 1.82) is 0 Å². The Morgan fingerprint density at radius 1 is 1.25 bits per heavy atom. The van der Waals surface area contributed by atoms with Crippen molar-refractivity contribution in [3.63, 3.8) is 0 Å². The summed E-state index contributed by atoms with van der Waals surface area (Å²) in [4.78, 5) is 23.5. The first-order chi connectivity index (χ1) is 13.6. The lowest BCUT2D eigenvalue weighted by Gasteiger charge is -2.00. The van der Waals surface area contributed by atoms with E-state index in [1.54, 1.807) is 17.8 Å².